The topological polar surface area (TPSA) is 87.8 Å². The number of pyridine rings is 1. The van der Waals surface area contributed by atoms with Crippen molar-refractivity contribution in [3.63, 3.8) is 0 Å². The lowest BCUT2D eigenvalue weighted by atomic mass is 10.2. The lowest BCUT2D eigenvalue weighted by Gasteiger charge is -1.98. The van der Waals surface area contributed by atoms with E-state index in [9.17, 15) is 9.59 Å². The Kier molecular flexibility index (Phi) is 3.06. The number of hydrogen-bond acceptors (Lipinski definition) is 4. The molecule has 6 heteroatoms. The highest BCUT2D eigenvalue weighted by Crippen LogP contribution is 2.21. The SMILES string of the molecule is COC(=O)c1cccc2[nH]c(-c3c[nH]c(C)cc3=O)nc12. The summed E-state index contributed by atoms with van der Waals surface area (Å²) in [7, 11) is 1.32. The molecule has 0 atom stereocenters. The number of ether oxygens (including phenoxy) is 1. The molecule has 0 aliphatic heterocycles. The summed E-state index contributed by atoms with van der Waals surface area (Å²) in [4.78, 5) is 34.2. The number of carbonyl (C=O) groups is 1. The van der Waals surface area contributed by atoms with Gasteiger partial charge < -0.3 is 14.7 Å². The van der Waals surface area contributed by atoms with E-state index in [0.29, 0.717) is 28.0 Å². The van der Waals surface area contributed by atoms with E-state index in [0.717, 1.165) is 5.69 Å². The van der Waals surface area contributed by atoms with Crippen molar-refractivity contribution in [2.24, 2.45) is 0 Å². The monoisotopic (exact) mass is 283 g/mol. The minimum absolute atomic E-state index is 0.134. The fourth-order valence-corrected chi connectivity index (χ4v) is 2.19. The van der Waals surface area contributed by atoms with Crippen molar-refractivity contribution in [3.8, 4) is 11.4 Å². The third-order valence-corrected chi connectivity index (χ3v) is 3.23. The third-order valence-electron chi connectivity index (χ3n) is 3.23. The van der Waals surface area contributed by atoms with E-state index < -0.39 is 5.97 Å². The van der Waals surface area contributed by atoms with Gasteiger partial charge in [0.25, 0.3) is 0 Å². The number of methoxy groups -OCH3 is 1. The number of fused-ring (bicyclic) bond motifs is 1. The van der Waals surface area contributed by atoms with Gasteiger partial charge in [-0.15, -0.1) is 0 Å². The Labute approximate surface area is 119 Å². The maximum absolute atomic E-state index is 12.0. The summed E-state index contributed by atoms with van der Waals surface area (Å²) in [5.41, 5.74) is 2.58. The number of aromatic nitrogens is 3. The predicted molar refractivity (Wildman–Crippen MR) is 78.2 cm³/mol. The van der Waals surface area contributed by atoms with Crippen LogP contribution in [0.3, 0.4) is 0 Å². The van der Waals surface area contributed by atoms with Gasteiger partial charge in [-0.2, -0.15) is 0 Å². The lowest BCUT2D eigenvalue weighted by Crippen LogP contribution is -2.06. The zero-order chi connectivity index (χ0) is 15.0. The molecular formula is C15H13N3O3. The number of hydrogen-bond donors (Lipinski definition) is 2. The highest BCUT2D eigenvalue weighted by atomic mass is 16.5. The van der Waals surface area contributed by atoms with Crippen LogP contribution in [0.4, 0.5) is 0 Å². The second kappa shape index (κ2) is 4.90. The fourth-order valence-electron chi connectivity index (χ4n) is 2.19. The zero-order valence-electron chi connectivity index (χ0n) is 11.6. The summed E-state index contributed by atoms with van der Waals surface area (Å²) in [6.45, 7) is 1.80. The first-order chi connectivity index (χ1) is 10.1. The second-order valence-corrected chi connectivity index (χ2v) is 4.67. The number of nitrogens with zero attached hydrogens (tertiary/aromatic N) is 1. The van der Waals surface area contributed by atoms with Crippen molar-refractivity contribution in [3.05, 3.63) is 51.9 Å². The van der Waals surface area contributed by atoms with Crippen LogP contribution in [-0.2, 0) is 4.74 Å². The molecule has 1 aromatic carbocycles. The number of nitrogens with one attached hydrogen (secondary N) is 2. The average Bonchev–Trinajstić information content (AvgIpc) is 2.89. The molecule has 21 heavy (non-hydrogen) atoms. The van der Waals surface area contributed by atoms with Crippen molar-refractivity contribution in [1.82, 2.24) is 15.0 Å². The van der Waals surface area contributed by atoms with E-state index in [2.05, 4.69) is 15.0 Å². The van der Waals surface area contributed by atoms with Crippen LogP contribution >= 0.6 is 0 Å². The second-order valence-electron chi connectivity index (χ2n) is 4.67. The van der Waals surface area contributed by atoms with Crippen LogP contribution in [-0.4, -0.2) is 28.0 Å². The first kappa shape index (κ1) is 13.1. The van der Waals surface area contributed by atoms with Crippen LogP contribution in [0.25, 0.3) is 22.4 Å². The molecule has 0 aliphatic carbocycles. The van der Waals surface area contributed by atoms with Gasteiger partial charge in [0.2, 0.25) is 0 Å². The van der Waals surface area contributed by atoms with Gasteiger partial charge in [0.15, 0.2) is 5.43 Å². The number of benzene rings is 1. The molecule has 0 amide bonds. The number of aromatic amines is 2. The molecule has 0 unspecified atom stereocenters. The first-order valence-corrected chi connectivity index (χ1v) is 6.37. The molecule has 6 nitrogen and oxygen atoms in total. The van der Waals surface area contributed by atoms with E-state index in [1.54, 1.807) is 31.3 Å². The molecule has 0 saturated carbocycles. The van der Waals surface area contributed by atoms with Crippen molar-refractivity contribution < 1.29 is 9.53 Å². The Hall–Kier alpha value is -2.89. The number of aryl methyl sites for hydroxylation is 1. The van der Waals surface area contributed by atoms with Crippen LogP contribution in [0, 0.1) is 6.92 Å². The molecule has 2 aromatic heterocycles. The van der Waals surface area contributed by atoms with Gasteiger partial charge in [0.1, 0.15) is 11.3 Å². The van der Waals surface area contributed by atoms with Gasteiger partial charge in [0, 0.05) is 18.0 Å². The number of esters is 1. The summed E-state index contributed by atoms with van der Waals surface area (Å²) in [6, 6.07) is 6.67. The minimum atomic E-state index is -0.462. The highest BCUT2D eigenvalue weighted by molar-refractivity contribution is 6.02. The average molecular weight is 283 g/mol. The molecule has 106 valence electrons. The number of H-pyrrole nitrogens is 2. The molecular weight excluding hydrogens is 270 g/mol. The first-order valence-electron chi connectivity index (χ1n) is 6.37. The highest BCUT2D eigenvalue weighted by Gasteiger charge is 2.15. The van der Waals surface area contributed by atoms with E-state index in [1.807, 2.05) is 0 Å². The van der Waals surface area contributed by atoms with Crippen molar-refractivity contribution in [2.45, 2.75) is 6.92 Å². The molecule has 2 N–H and O–H groups in total. The van der Waals surface area contributed by atoms with Crippen molar-refractivity contribution in [2.75, 3.05) is 7.11 Å². The van der Waals surface area contributed by atoms with Crippen LogP contribution < -0.4 is 5.43 Å². The standard InChI is InChI=1S/C15H13N3O3/c1-8-6-12(19)10(7-16-8)14-17-11-5-3-4-9(13(11)18-14)15(20)21-2/h3-7H,1-2H3,(H,16,19)(H,17,18). The summed E-state index contributed by atoms with van der Waals surface area (Å²) in [6.07, 6.45) is 1.60. The normalized spacial score (nSPS) is 10.8. The van der Waals surface area contributed by atoms with Gasteiger partial charge >= 0.3 is 5.97 Å². The number of para-hydroxylation sites is 1. The largest absolute Gasteiger partial charge is 0.465 e. The summed E-state index contributed by atoms with van der Waals surface area (Å²) in [5, 5.41) is 0. The minimum Gasteiger partial charge on any atom is -0.465 e. The Morgan fingerprint density at radius 3 is 2.86 bits per heavy atom. The van der Waals surface area contributed by atoms with Crippen LogP contribution in [0.5, 0.6) is 0 Å². The van der Waals surface area contributed by atoms with Gasteiger partial charge in [-0.3, -0.25) is 4.79 Å². The number of carbonyl (C=O) groups excluding carboxylic acids is 1. The zero-order valence-corrected chi connectivity index (χ0v) is 11.6. The Morgan fingerprint density at radius 1 is 1.33 bits per heavy atom. The quantitative estimate of drug-likeness (QED) is 0.704. The molecule has 0 radical (unpaired) electrons. The molecule has 0 aliphatic rings. The summed E-state index contributed by atoms with van der Waals surface area (Å²) >= 11 is 0. The fraction of sp³-hybridized carbons (Fsp3) is 0.133. The van der Waals surface area contributed by atoms with Gasteiger partial charge in [-0.05, 0) is 19.1 Å². The van der Waals surface area contributed by atoms with E-state index in [4.69, 9.17) is 4.74 Å². The molecule has 0 fully saturated rings. The van der Waals surface area contributed by atoms with Crippen LogP contribution in [0.15, 0.2) is 35.3 Å². The molecule has 3 rings (SSSR count). The van der Waals surface area contributed by atoms with Crippen LogP contribution in [0.2, 0.25) is 0 Å². The number of imidazole rings is 1. The predicted octanol–water partition coefficient (Wildman–Crippen LogP) is 2.01. The van der Waals surface area contributed by atoms with Gasteiger partial charge in [-0.25, -0.2) is 9.78 Å². The van der Waals surface area contributed by atoms with Crippen molar-refractivity contribution in [1.29, 1.82) is 0 Å². The lowest BCUT2D eigenvalue weighted by molar-refractivity contribution is 0.0603. The maximum atomic E-state index is 12.0. The van der Waals surface area contributed by atoms with E-state index in [1.165, 1.54) is 13.2 Å². The number of rotatable bonds is 2. The summed E-state index contributed by atoms with van der Waals surface area (Å²) < 4.78 is 4.74. The van der Waals surface area contributed by atoms with Gasteiger partial charge in [-0.1, -0.05) is 6.07 Å². The Bertz CT molecular complexity index is 893. The third kappa shape index (κ3) is 2.20. The maximum Gasteiger partial charge on any atom is 0.340 e. The molecule has 3 aromatic rings. The Balaban J connectivity index is 2.22. The molecule has 0 bridgehead atoms. The van der Waals surface area contributed by atoms with Crippen LogP contribution in [0.1, 0.15) is 16.1 Å². The molecule has 0 spiro atoms. The molecule has 0 saturated heterocycles. The van der Waals surface area contributed by atoms with Gasteiger partial charge in [0.05, 0.1) is 23.8 Å². The Morgan fingerprint density at radius 2 is 2.14 bits per heavy atom. The summed E-state index contributed by atoms with van der Waals surface area (Å²) in [5.74, 6) is -0.0425. The smallest absolute Gasteiger partial charge is 0.340 e. The van der Waals surface area contributed by atoms with E-state index in [-0.39, 0.29) is 5.43 Å². The molecule has 2 heterocycles. The van der Waals surface area contributed by atoms with Crippen molar-refractivity contribution >= 4 is 17.0 Å². The van der Waals surface area contributed by atoms with E-state index >= 15 is 0 Å².